The zero-order valence-electron chi connectivity index (χ0n) is 9.35. The molecule has 0 radical (unpaired) electrons. The van der Waals surface area contributed by atoms with Crippen molar-refractivity contribution in [3.05, 3.63) is 18.2 Å². The van der Waals surface area contributed by atoms with Crippen molar-refractivity contribution in [1.82, 2.24) is 0 Å². The molecule has 1 aromatic rings. The van der Waals surface area contributed by atoms with Crippen LogP contribution < -0.4 is 15.9 Å². The minimum Gasteiger partial charge on any atom is -0.376 e. The number of thioether (sulfide) groups is 1. The molecular weight excluding hydrogens is 300 g/mol. The van der Waals surface area contributed by atoms with Crippen LogP contribution in [0.4, 0.5) is 5.69 Å². The molecule has 18 heavy (non-hydrogen) atoms. The third-order valence-electron chi connectivity index (χ3n) is 2.00. The molecule has 0 amide bonds. The molecule has 0 aliphatic carbocycles. The van der Waals surface area contributed by atoms with Crippen molar-refractivity contribution in [2.24, 2.45) is 0 Å². The summed E-state index contributed by atoms with van der Waals surface area (Å²) in [5.74, 6) is 0.450. The molecule has 5 N–H and O–H groups in total. The first-order valence-corrected chi connectivity index (χ1v) is 9.26. The summed E-state index contributed by atoms with van der Waals surface area (Å²) in [6.45, 7) is 0. The molecule has 0 heterocycles. The van der Waals surface area contributed by atoms with E-state index in [1.807, 2.05) is 6.26 Å². The van der Waals surface area contributed by atoms with Crippen molar-refractivity contribution in [2.75, 3.05) is 17.4 Å². The van der Waals surface area contributed by atoms with Crippen LogP contribution in [0.5, 0.6) is 0 Å². The molecule has 0 aromatic heterocycles. The second-order valence-corrected chi connectivity index (χ2v) is 7.51. The first kappa shape index (κ1) is 15.7. The molecule has 0 aliphatic heterocycles. The molecule has 102 valence electrons. The summed E-state index contributed by atoms with van der Waals surface area (Å²) in [5.41, 5.74) is 0.253. The fourth-order valence-electron chi connectivity index (χ4n) is 1.19. The zero-order valence-corrected chi connectivity index (χ0v) is 12.0. The fourth-order valence-corrected chi connectivity index (χ4v) is 2.83. The van der Waals surface area contributed by atoms with E-state index in [0.29, 0.717) is 5.88 Å². The summed E-state index contributed by atoms with van der Waals surface area (Å²) >= 11 is 1.42. The number of nitrogens with one attached hydrogen (secondary N) is 1. The van der Waals surface area contributed by atoms with Gasteiger partial charge in [-0.2, -0.15) is 0 Å². The van der Waals surface area contributed by atoms with E-state index >= 15 is 0 Å². The Morgan fingerprint density at radius 2 is 1.50 bits per heavy atom. The lowest BCUT2D eigenvalue weighted by Gasteiger charge is -2.12. The predicted octanol–water partition coefficient (Wildman–Crippen LogP) is 0.0250. The predicted molar refractivity (Wildman–Crippen MR) is 71.8 cm³/mol. The van der Waals surface area contributed by atoms with Crippen LogP contribution in [-0.4, -0.2) is 31.7 Å². The minimum atomic E-state index is -4.56. The van der Waals surface area contributed by atoms with E-state index in [9.17, 15) is 9.13 Å². The van der Waals surface area contributed by atoms with E-state index in [-0.39, 0.29) is 5.69 Å². The molecule has 7 nitrogen and oxygen atoms in total. The lowest BCUT2D eigenvalue weighted by molar-refractivity contribution is 0.386. The van der Waals surface area contributed by atoms with Crippen LogP contribution >= 0.6 is 27.0 Å². The highest BCUT2D eigenvalue weighted by molar-refractivity contribution is 7.98. The summed E-state index contributed by atoms with van der Waals surface area (Å²) in [7, 11) is -9.13. The van der Waals surface area contributed by atoms with Gasteiger partial charge in [-0.3, -0.25) is 9.13 Å². The van der Waals surface area contributed by atoms with Crippen LogP contribution in [0.25, 0.3) is 0 Å². The first-order chi connectivity index (χ1) is 8.14. The Labute approximate surface area is 108 Å². The SMILES string of the molecule is CSCNc1cc(P(=O)(O)O)cc(P(=O)(O)O)c1. The molecule has 10 heteroatoms. The first-order valence-electron chi connectivity index (χ1n) is 4.64. The normalized spacial score (nSPS) is 12.5. The maximum atomic E-state index is 11.1. The molecule has 0 atom stereocenters. The number of hydrogen-bond acceptors (Lipinski definition) is 4. The standard InChI is InChI=1S/C8H13NO6P2S/c1-18-5-9-6-2-7(16(10,11)12)4-8(3-6)17(13,14)15/h2-4,9H,5H2,1H3,(H2,10,11,12)(H2,13,14,15). The molecule has 1 aromatic carbocycles. The Morgan fingerprint density at radius 1 is 1.06 bits per heavy atom. The van der Waals surface area contributed by atoms with Crippen molar-refractivity contribution >= 4 is 43.2 Å². The maximum absolute atomic E-state index is 11.1. The molecule has 0 spiro atoms. The van der Waals surface area contributed by atoms with Crippen LogP contribution in [0.2, 0.25) is 0 Å². The highest BCUT2D eigenvalue weighted by Crippen LogP contribution is 2.38. The third-order valence-corrected chi connectivity index (χ3v) is 4.29. The van der Waals surface area contributed by atoms with Gasteiger partial charge in [0, 0.05) is 5.69 Å². The molecule has 0 saturated carbocycles. The molecule has 1 rings (SSSR count). The molecule has 0 saturated heterocycles. The van der Waals surface area contributed by atoms with Gasteiger partial charge in [-0.15, -0.1) is 11.8 Å². The highest BCUT2D eigenvalue weighted by Gasteiger charge is 2.24. The van der Waals surface area contributed by atoms with Crippen LogP contribution in [0.15, 0.2) is 18.2 Å². The smallest absolute Gasteiger partial charge is 0.356 e. The third kappa shape index (κ3) is 4.40. The van der Waals surface area contributed by atoms with Crippen LogP contribution in [0.3, 0.4) is 0 Å². The van der Waals surface area contributed by atoms with Crippen molar-refractivity contribution in [3.8, 4) is 0 Å². The van der Waals surface area contributed by atoms with Gasteiger partial charge in [0.1, 0.15) is 0 Å². The van der Waals surface area contributed by atoms with Gasteiger partial charge in [-0.1, -0.05) is 0 Å². The Balaban J connectivity index is 3.30. The number of hydrogen-bond donors (Lipinski definition) is 5. The van der Waals surface area contributed by atoms with Crippen molar-refractivity contribution < 1.29 is 28.7 Å². The van der Waals surface area contributed by atoms with Crippen LogP contribution in [0.1, 0.15) is 0 Å². The molecular formula is C8H13NO6P2S. The van der Waals surface area contributed by atoms with Gasteiger partial charge in [-0.25, -0.2) is 0 Å². The van der Waals surface area contributed by atoms with Gasteiger partial charge in [0.25, 0.3) is 0 Å². The fraction of sp³-hybridized carbons (Fsp3) is 0.250. The summed E-state index contributed by atoms with van der Waals surface area (Å²) in [5, 5.41) is 1.95. The molecule has 0 unspecified atom stereocenters. The van der Waals surface area contributed by atoms with Crippen molar-refractivity contribution in [2.45, 2.75) is 0 Å². The molecule has 0 fully saturated rings. The monoisotopic (exact) mass is 313 g/mol. The quantitative estimate of drug-likeness (QED) is 0.380. The molecule has 0 bridgehead atoms. The van der Waals surface area contributed by atoms with E-state index in [2.05, 4.69) is 5.32 Å². The lowest BCUT2D eigenvalue weighted by Crippen LogP contribution is -2.16. The molecule has 0 aliphatic rings. The van der Waals surface area contributed by atoms with Crippen LogP contribution in [0, 0.1) is 0 Å². The van der Waals surface area contributed by atoms with E-state index in [4.69, 9.17) is 19.6 Å². The van der Waals surface area contributed by atoms with Gasteiger partial charge in [0.15, 0.2) is 0 Å². The average molecular weight is 313 g/mol. The highest BCUT2D eigenvalue weighted by atomic mass is 32.2. The van der Waals surface area contributed by atoms with Gasteiger partial charge in [0.2, 0.25) is 0 Å². The van der Waals surface area contributed by atoms with E-state index < -0.39 is 25.8 Å². The number of anilines is 1. The van der Waals surface area contributed by atoms with Crippen LogP contribution in [-0.2, 0) is 9.13 Å². The van der Waals surface area contributed by atoms with Crippen molar-refractivity contribution in [3.63, 3.8) is 0 Å². The van der Waals surface area contributed by atoms with E-state index in [1.165, 1.54) is 23.9 Å². The van der Waals surface area contributed by atoms with Gasteiger partial charge in [0.05, 0.1) is 16.5 Å². The second kappa shape index (κ2) is 5.75. The average Bonchev–Trinajstić information content (AvgIpc) is 2.23. The van der Waals surface area contributed by atoms with Crippen molar-refractivity contribution in [1.29, 1.82) is 0 Å². The maximum Gasteiger partial charge on any atom is 0.356 e. The summed E-state index contributed by atoms with van der Waals surface area (Å²) < 4.78 is 22.3. The number of rotatable bonds is 5. The summed E-state index contributed by atoms with van der Waals surface area (Å²) in [6.07, 6.45) is 1.81. The second-order valence-electron chi connectivity index (χ2n) is 3.44. The van der Waals surface area contributed by atoms with Gasteiger partial charge < -0.3 is 24.9 Å². The Morgan fingerprint density at radius 3 is 1.83 bits per heavy atom. The summed E-state index contributed by atoms with van der Waals surface area (Å²) in [6, 6.07) is 3.18. The number of benzene rings is 1. The van der Waals surface area contributed by atoms with E-state index in [1.54, 1.807) is 0 Å². The Bertz CT molecular complexity index is 484. The minimum absolute atomic E-state index is 0.253. The zero-order chi connectivity index (χ0) is 14.0. The lowest BCUT2D eigenvalue weighted by atomic mass is 10.3. The largest absolute Gasteiger partial charge is 0.376 e. The Hall–Kier alpha value is -0.330. The Kier molecular flexibility index (Phi) is 5.03. The summed E-state index contributed by atoms with van der Waals surface area (Å²) in [4.78, 5) is 36.2. The van der Waals surface area contributed by atoms with Gasteiger partial charge >= 0.3 is 15.2 Å². The van der Waals surface area contributed by atoms with E-state index in [0.717, 1.165) is 6.07 Å². The van der Waals surface area contributed by atoms with Gasteiger partial charge in [-0.05, 0) is 24.5 Å². The topological polar surface area (TPSA) is 127 Å².